The minimum atomic E-state index is -2.86. The van der Waals surface area contributed by atoms with Gasteiger partial charge in [-0.15, -0.1) is 0 Å². The van der Waals surface area contributed by atoms with Gasteiger partial charge in [0.15, 0.2) is 11.6 Å². The molecule has 1 saturated heterocycles. The maximum atomic E-state index is 13.0. The minimum absolute atomic E-state index is 0.129. The second-order valence-electron chi connectivity index (χ2n) is 8.95. The molecule has 6 rings (SSSR count). The second-order valence-corrected chi connectivity index (χ2v) is 11.4. The number of nitrogens with one attached hydrogen (secondary N) is 2. The van der Waals surface area contributed by atoms with E-state index in [0.29, 0.717) is 80.2 Å². The third-order valence-corrected chi connectivity index (χ3v) is 8.82. The van der Waals surface area contributed by atoms with Gasteiger partial charge in [-0.1, -0.05) is 0 Å². The molecule has 2 aliphatic heterocycles. The number of pyridine rings is 1. The van der Waals surface area contributed by atoms with Gasteiger partial charge in [-0.3, -0.25) is 4.78 Å². The Labute approximate surface area is 191 Å². The van der Waals surface area contributed by atoms with Gasteiger partial charge in [-0.05, 0) is 25.8 Å². The zero-order valence-electron chi connectivity index (χ0n) is 18.6. The molecule has 10 nitrogen and oxygen atoms in total. The van der Waals surface area contributed by atoms with E-state index < -0.39 is 14.5 Å². The summed E-state index contributed by atoms with van der Waals surface area (Å²) < 4.78 is 38.0. The van der Waals surface area contributed by atoms with Crippen LogP contribution in [-0.2, 0) is 19.2 Å². The smallest absolute Gasteiger partial charge is 0.259 e. The number of H-pyrrole nitrogens is 1. The topological polar surface area (TPSA) is 126 Å². The minimum Gasteiger partial charge on any atom is -0.484 e. The lowest BCUT2D eigenvalue weighted by molar-refractivity contribution is 0.0985. The molecule has 2 fully saturated rings. The van der Waals surface area contributed by atoms with Gasteiger partial charge in [-0.25, -0.2) is 14.2 Å². The lowest BCUT2D eigenvalue weighted by Crippen LogP contribution is -2.44. The number of hydrogen-bond donors (Lipinski definition) is 2. The monoisotopic (exact) mass is 470 g/mol. The van der Waals surface area contributed by atoms with E-state index in [4.69, 9.17) is 29.0 Å². The third-order valence-electron chi connectivity index (χ3n) is 6.71. The molecule has 174 valence electrons. The van der Waals surface area contributed by atoms with Crippen LogP contribution in [-0.4, -0.2) is 69.4 Å². The number of hydrogen-bond acceptors (Lipinski definition) is 9. The highest BCUT2D eigenvalue weighted by Crippen LogP contribution is 2.53. The van der Waals surface area contributed by atoms with Crippen molar-refractivity contribution in [3.63, 3.8) is 0 Å². The first-order valence-electron chi connectivity index (χ1n) is 11.1. The van der Waals surface area contributed by atoms with Crippen molar-refractivity contribution in [1.29, 1.82) is 4.78 Å². The molecule has 33 heavy (non-hydrogen) atoms. The predicted octanol–water partition coefficient (Wildman–Crippen LogP) is 2.68. The first kappa shape index (κ1) is 20.7. The highest BCUT2D eigenvalue weighted by atomic mass is 32.2. The molecule has 5 heterocycles. The Morgan fingerprint density at radius 3 is 2.79 bits per heavy atom. The number of ether oxygens (including phenoxy) is 3. The Morgan fingerprint density at radius 1 is 1.21 bits per heavy atom. The highest BCUT2D eigenvalue weighted by molar-refractivity contribution is 7.92. The normalized spacial score (nSPS) is 23.3. The number of aromatic nitrogens is 4. The molecule has 0 amide bonds. The van der Waals surface area contributed by atoms with E-state index in [0.717, 1.165) is 11.2 Å². The standard InChI is InChI=1S/C22H26N6O4S/c1-13-12-30-8-7-28(13)16-11-15(22(4-5-22)33(2,23)29)25-20(26-16)17-14-3-6-24-19(14)27-21-18(17)31-9-10-32-21/h3,6,11,13,23H,4-5,7-10,12H2,1-2H3,(H,24,27)/t13-,33?/m1/s1. The van der Waals surface area contributed by atoms with Crippen LogP contribution in [0.25, 0.3) is 22.4 Å². The molecule has 11 heteroatoms. The molecule has 0 spiro atoms. The van der Waals surface area contributed by atoms with Crippen LogP contribution < -0.4 is 14.4 Å². The van der Waals surface area contributed by atoms with Gasteiger partial charge >= 0.3 is 0 Å². The SMILES string of the molecule is C[C@@H]1COCCN1c1cc(C2(S(C)(=N)=O)CC2)nc(-c2c3c(nc4[nH]ccc24)OCCO3)n1. The summed E-state index contributed by atoms with van der Waals surface area (Å²) in [6.07, 6.45) is 4.67. The van der Waals surface area contributed by atoms with E-state index in [-0.39, 0.29) is 6.04 Å². The zero-order chi connectivity index (χ0) is 22.8. The molecule has 0 radical (unpaired) electrons. The lowest BCUT2D eigenvalue weighted by atomic mass is 10.1. The van der Waals surface area contributed by atoms with Crippen molar-refractivity contribution in [3.8, 4) is 23.0 Å². The summed E-state index contributed by atoms with van der Waals surface area (Å²) >= 11 is 0. The van der Waals surface area contributed by atoms with Crippen molar-refractivity contribution in [1.82, 2.24) is 19.9 Å². The van der Waals surface area contributed by atoms with Crippen molar-refractivity contribution in [2.24, 2.45) is 0 Å². The van der Waals surface area contributed by atoms with E-state index in [1.807, 2.05) is 18.3 Å². The Hall–Kier alpha value is -2.92. The van der Waals surface area contributed by atoms with Crippen LogP contribution in [0, 0.1) is 4.78 Å². The highest BCUT2D eigenvalue weighted by Gasteiger charge is 2.53. The molecular weight excluding hydrogens is 444 g/mol. The number of nitrogens with zero attached hydrogens (tertiary/aromatic N) is 4. The molecule has 1 saturated carbocycles. The summed E-state index contributed by atoms with van der Waals surface area (Å²) in [5, 5.41) is 0.824. The van der Waals surface area contributed by atoms with Gasteiger partial charge in [-0.2, -0.15) is 4.98 Å². The molecule has 1 unspecified atom stereocenters. The summed E-state index contributed by atoms with van der Waals surface area (Å²) in [6, 6.07) is 3.96. The molecule has 2 atom stereocenters. The van der Waals surface area contributed by atoms with E-state index in [2.05, 4.69) is 21.8 Å². The molecule has 1 aliphatic carbocycles. The predicted molar refractivity (Wildman–Crippen MR) is 123 cm³/mol. The van der Waals surface area contributed by atoms with Crippen LogP contribution in [0.5, 0.6) is 11.6 Å². The fraction of sp³-hybridized carbons (Fsp3) is 0.500. The number of aromatic amines is 1. The van der Waals surface area contributed by atoms with E-state index in [9.17, 15) is 4.21 Å². The van der Waals surface area contributed by atoms with E-state index in [1.165, 1.54) is 6.26 Å². The Balaban J connectivity index is 1.61. The average molecular weight is 471 g/mol. The van der Waals surface area contributed by atoms with Crippen molar-refractivity contribution in [2.45, 2.75) is 30.6 Å². The summed E-state index contributed by atoms with van der Waals surface area (Å²) in [7, 11) is -2.86. The molecule has 0 aromatic carbocycles. The fourth-order valence-electron chi connectivity index (χ4n) is 4.73. The van der Waals surface area contributed by atoms with Gasteiger partial charge in [0.1, 0.15) is 24.7 Å². The summed E-state index contributed by atoms with van der Waals surface area (Å²) in [5.41, 5.74) is 2.00. The first-order valence-corrected chi connectivity index (χ1v) is 13.1. The van der Waals surface area contributed by atoms with E-state index >= 15 is 0 Å². The number of anilines is 1. The second kappa shape index (κ2) is 7.29. The average Bonchev–Trinajstić information content (AvgIpc) is 3.51. The van der Waals surface area contributed by atoms with Crippen molar-refractivity contribution in [2.75, 3.05) is 44.1 Å². The fourth-order valence-corrected chi connectivity index (χ4v) is 6.11. The van der Waals surface area contributed by atoms with Crippen LogP contribution >= 0.6 is 0 Å². The maximum Gasteiger partial charge on any atom is 0.259 e. The quantitative estimate of drug-likeness (QED) is 0.596. The summed E-state index contributed by atoms with van der Waals surface area (Å²) in [4.78, 5) is 19.8. The first-order chi connectivity index (χ1) is 15.9. The summed E-state index contributed by atoms with van der Waals surface area (Å²) in [5.74, 6) is 2.12. The molecule has 3 aromatic heterocycles. The molecular formula is C22H26N6O4S. The van der Waals surface area contributed by atoms with Crippen LogP contribution in [0.15, 0.2) is 18.3 Å². The zero-order valence-corrected chi connectivity index (χ0v) is 19.4. The van der Waals surface area contributed by atoms with Crippen LogP contribution in [0.4, 0.5) is 5.82 Å². The Kier molecular flexibility index (Phi) is 4.57. The lowest BCUT2D eigenvalue weighted by Gasteiger charge is -2.35. The largest absolute Gasteiger partial charge is 0.484 e. The number of rotatable bonds is 4. The Bertz CT molecular complexity index is 1350. The maximum absolute atomic E-state index is 13.0. The van der Waals surface area contributed by atoms with Crippen molar-refractivity contribution >= 4 is 26.6 Å². The summed E-state index contributed by atoms with van der Waals surface area (Å²) in [6.45, 7) is 4.83. The number of morpholine rings is 1. The van der Waals surface area contributed by atoms with Crippen LogP contribution in [0.3, 0.4) is 0 Å². The molecule has 2 N–H and O–H groups in total. The van der Waals surface area contributed by atoms with Crippen LogP contribution in [0.2, 0.25) is 0 Å². The third kappa shape index (κ3) is 3.24. The number of fused-ring (bicyclic) bond motifs is 2. The molecule has 0 bridgehead atoms. The van der Waals surface area contributed by atoms with Gasteiger partial charge in [0, 0.05) is 30.4 Å². The molecule has 3 aliphatic rings. The van der Waals surface area contributed by atoms with Crippen molar-refractivity contribution < 1.29 is 18.4 Å². The van der Waals surface area contributed by atoms with Gasteiger partial charge in [0.25, 0.3) is 5.88 Å². The van der Waals surface area contributed by atoms with Gasteiger partial charge < -0.3 is 24.1 Å². The Morgan fingerprint density at radius 2 is 2.03 bits per heavy atom. The van der Waals surface area contributed by atoms with Crippen molar-refractivity contribution in [3.05, 3.63) is 24.0 Å². The van der Waals surface area contributed by atoms with Crippen LogP contribution in [0.1, 0.15) is 25.5 Å². The van der Waals surface area contributed by atoms with E-state index in [1.54, 1.807) is 0 Å². The molecule has 3 aromatic rings. The van der Waals surface area contributed by atoms with Gasteiger partial charge in [0.2, 0.25) is 0 Å². The van der Waals surface area contributed by atoms with Gasteiger partial charge in [0.05, 0.1) is 45.0 Å².